The molecule has 18 heavy (non-hydrogen) atoms. The van der Waals surface area contributed by atoms with Crippen molar-refractivity contribution in [3.05, 3.63) is 29.7 Å². The highest BCUT2D eigenvalue weighted by atomic mass is 16.2. The topological polar surface area (TPSA) is 50.5 Å². The van der Waals surface area contributed by atoms with Crippen LogP contribution >= 0.6 is 0 Å². The van der Waals surface area contributed by atoms with Crippen molar-refractivity contribution in [3.8, 4) is 0 Å². The maximum Gasteiger partial charge on any atom is 0.274 e. The molecule has 3 heterocycles. The molecule has 1 saturated heterocycles. The SMILES string of the molecule is Cc1cnc2cc(C(=O)N3CCCCC3)nn2c1. The minimum Gasteiger partial charge on any atom is -0.337 e. The molecule has 2 aromatic rings. The zero-order valence-electron chi connectivity index (χ0n) is 10.5. The normalized spacial score (nSPS) is 16.2. The summed E-state index contributed by atoms with van der Waals surface area (Å²) in [6, 6.07) is 1.76. The molecule has 0 N–H and O–H groups in total. The van der Waals surface area contributed by atoms with Crippen LogP contribution in [0.15, 0.2) is 18.5 Å². The fraction of sp³-hybridized carbons (Fsp3) is 0.462. The number of rotatable bonds is 1. The van der Waals surface area contributed by atoms with E-state index >= 15 is 0 Å². The van der Waals surface area contributed by atoms with Crippen molar-refractivity contribution < 1.29 is 4.79 Å². The first-order chi connectivity index (χ1) is 8.74. The van der Waals surface area contributed by atoms with E-state index in [2.05, 4.69) is 10.1 Å². The molecule has 1 amide bonds. The van der Waals surface area contributed by atoms with Gasteiger partial charge in [0, 0.05) is 31.5 Å². The lowest BCUT2D eigenvalue weighted by Gasteiger charge is -2.25. The lowest BCUT2D eigenvalue weighted by molar-refractivity contribution is 0.0718. The van der Waals surface area contributed by atoms with Crippen molar-refractivity contribution in [1.82, 2.24) is 19.5 Å². The first-order valence-corrected chi connectivity index (χ1v) is 6.35. The standard InChI is InChI=1S/C13H16N4O/c1-10-8-14-12-7-11(15-17(12)9-10)13(18)16-5-3-2-4-6-16/h7-9H,2-6H2,1H3. The molecule has 0 unspecified atom stereocenters. The van der Waals surface area contributed by atoms with E-state index in [9.17, 15) is 4.79 Å². The van der Waals surface area contributed by atoms with Crippen molar-refractivity contribution in [2.75, 3.05) is 13.1 Å². The van der Waals surface area contributed by atoms with Crippen LogP contribution in [0.25, 0.3) is 5.65 Å². The van der Waals surface area contributed by atoms with Gasteiger partial charge in [-0.05, 0) is 31.7 Å². The average molecular weight is 244 g/mol. The molecule has 0 saturated carbocycles. The van der Waals surface area contributed by atoms with Gasteiger partial charge in [0.25, 0.3) is 5.91 Å². The highest BCUT2D eigenvalue weighted by molar-refractivity contribution is 5.93. The summed E-state index contributed by atoms with van der Waals surface area (Å²) < 4.78 is 1.67. The predicted octanol–water partition coefficient (Wildman–Crippen LogP) is 1.66. The molecule has 2 aromatic heterocycles. The van der Waals surface area contributed by atoms with Gasteiger partial charge in [-0.15, -0.1) is 0 Å². The Hall–Kier alpha value is -1.91. The van der Waals surface area contributed by atoms with Gasteiger partial charge in [0.15, 0.2) is 11.3 Å². The number of fused-ring (bicyclic) bond motifs is 1. The third kappa shape index (κ3) is 1.96. The first kappa shape index (κ1) is 11.2. The molecule has 5 nitrogen and oxygen atoms in total. The number of likely N-dealkylation sites (tertiary alicyclic amines) is 1. The molecule has 1 aliphatic rings. The summed E-state index contributed by atoms with van der Waals surface area (Å²) in [6.07, 6.45) is 7.07. The molecule has 0 aromatic carbocycles. The Morgan fingerprint density at radius 1 is 1.28 bits per heavy atom. The molecule has 0 radical (unpaired) electrons. The number of hydrogen-bond acceptors (Lipinski definition) is 3. The molecule has 0 atom stereocenters. The fourth-order valence-corrected chi connectivity index (χ4v) is 2.33. The molecular weight excluding hydrogens is 228 g/mol. The van der Waals surface area contributed by atoms with Gasteiger partial charge < -0.3 is 4.90 Å². The van der Waals surface area contributed by atoms with Gasteiger partial charge >= 0.3 is 0 Å². The van der Waals surface area contributed by atoms with E-state index in [1.54, 1.807) is 16.8 Å². The second kappa shape index (κ2) is 4.40. The highest BCUT2D eigenvalue weighted by Gasteiger charge is 2.20. The van der Waals surface area contributed by atoms with Crippen LogP contribution in [0.4, 0.5) is 0 Å². The molecule has 0 spiro atoms. The second-order valence-corrected chi connectivity index (χ2v) is 4.82. The van der Waals surface area contributed by atoms with E-state index in [0.29, 0.717) is 5.69 Å². The van der Waals surface area contributed by atoms with Crippen LogP contribution in [-0.2, 0) is 0 Å². The summed E-state index contributed by atoms with van der Waals surface area (Å²) >= 11 is 0. The number of aromatic nitrogens is 3. The number of hydrogen-bond donors (Lipinski definition) is 0. The quantitative estimate of drug-likeness (QED) is 0.766. The van der Waals surface area contributed by atoms with E-state index in [0.717, 1.165) is 37.1 Å². The maximum absolute atomic E-state index is 12.3. The molecule has 3 rings (SSSR count). The van der Waals surface area contributed by atoms with Crippen molar-refractivity contribution in [2.24, 2.45) is 0 Å². The van der Waals surface area contributed by atoms with Crippen LogP contribution in [0.3, 0.4) is 0 Å². The number of amides is 1. The van der Waals surface area contributed by atoms with Gasteiger partial charge in [-0.1, -0.05) is 0 Å². The summed E-state index contributed by atoms with van der Waals surface area (Å²) in [5, 5.41) is 4.31. The lowest BCUT2D eigenvalue weighted by Crippen LogP contribution is -2.35. The number of piperidine rings is 1. The number of aryl methyl sites for hydroxylation is 1. The molecule has 1 fully saturated rings. The minimum atomic E-state index is 0.0258. The zero-order chi connectivity index (χ0) is 12.5. The van der Waals surface area contributed by atoms with E-state index in [-0.39, 0.29) is 5.91 Å². The van der Waals surface area contributed by atoms with E-state index in [4.69, 9.17) is 0 Å². The number of carbonyl (C=O) groups is 1. The van der Waals surface area contributed by atoms with Gasteiger partial charge in [-0.25, -0.2) is 9.50 Å². The van der Waals surface area contributed by atoms with E-state index < -0.39 is 0 Å². The Morgan fingerprint density at radius 2 is 2.06 bits per heavy atom. The Balaban J connectivity index is 1.91. The van der Waals surface area contributed by atoms with Crippen LogP contribution in [0.2, 0.25) is 0 Å². The Labute approximate surface area is 105 Å². The van der Waals surface area contributed by atoms with Gasteiger partial charge in [0.1, 0.15) is 0 Å². The smallest absolute Gasteiger partial charge is 0.274 e. The summed E-state index contributed by atoms with van der Waals surface area (Å²) in [5.41, 5.74) is 2.25. The Bertz CT molecular complexity index is 584. The summed E-state index contributed by atoms with van der Waals surface area (Å²) in [6.45, 7) is 3.65. The van der Waals surface area contributed by atoms with Gasteiger partial charge in [0.2, 0.25) is 0 Å². The number of carbonyl (C=O) groups excluding carboxylic acids is 1. The molecule has 0 bridgehead atoms. The van der Waals surface area contributed by atoms with Crippen molar-refractivity contribution in [1.29, 1.82) is 0 Å². The Kier molecular flexibility index (Phi) is 2.74. The first-order valence-electron chi connectivity index (χ1n) is 6.35. The maximum atomic E-state index is 12.3. The summed E-state index contributed by atoms with van der Waals surface area (Å²) in [4.78, 5) is 18.4. The van der Waals surface area contributed by atoms with Crippen LogP contribution < -0.4 is 0 Å². The average Bonchev–Trinajstić information content (AvgIpc) is 2.81. The zero-order valence-corrected chi connectivity index (χ0v) is 10.5. The molecule has 5 heteroatoms. The van der Waals surface area contributed by atoms with Crippen molar-refractivity contribution in [3.63, 3.8) is 0 Å². The van der Waals surface area contributed by atoms with E-state index in [1.807, 2.05) is 18.0 Å². The second-order valence-electron chi connectivity index (χ2n) is 4.82. The molecule has 0 aliphatic carbocycles. The Morgan fingerprint density at radius 3 is 2.83 bits per heavy atom. The van der Waals surface area contributed by atoms with Crippen LogP contribution in [0, 0.1) is 6.92 Å². The predicted molar refractivity (Wildman–Crippen MR) is 67.5 cm³/mol. The third-order valence-corrected chi connectivity index (χ3v) is 3.30. The van der Waals surface area contributed by atoms with Crippen molar-refractivity contribution in [2.45, 2.75) is 26.2 Å². The lowest BCUT2D eigenvalue weighted by atomic mass is 10.1. The highest BCUT2D eigenvalue weighted by Crippen LogP contribution is 2.13. The van der Waals surface area contributed by atoms with Crippen LogP contribution in [0.1, 0.15) is 35.3 Å². The number of nitrogens with zero attached hydrogens (tertiary/aromatic N) is 4. The van der Waals surface area contributed by atoms with Crippen LogP contribution in [-0.4, -0.2) is 38.5 Å². The summed E-state index contributed by atoms with van der Waals surface area (Å²) in [7, 11) is 0. The van der Waals surface area contributed by atoms with E-state index in [1.165, 1.54) is 6.42 Å². The van der Waals surface area contributed by atoms with Gasteiger partial charge in [-0.3, -0.25) is 4.79 Å². The van der Waals surface area contributed by atoms with Crippen LogP contribution in [0.5, 0.6) is 0 Å². The molecule has 1 aliphatic heterocycles. The largest absolute Gasteiger partial charge is 0.337 e. The third-order valence-electron chi connectivity index (χ3n) is 3.30. The molecular formula is C13H16N4O. The summed E-state index contributed by atoms with van der Waals surface area (Å²) in [5.74, 6) is 0.0258. The van der Waals surface area contributed by atoms with Crippen molar-refractivity contribution >= 4 is 11.6 Å². The van der Waals surface area contributed by atoms with Gasteiger partial charge in [0.05, 0.1) is 0 Å². The van der Waals surface area contributed by atoms with Gasteiger partial charge in [-0.2, -0.15) is 5.10 Å². The monoisotopic (exact) mass is 244 g/mol. The minimum absolute atomic E-state index is 0.0258. The fourth-order valence-electron chi connectivity index (χ4n) is 2.33. The molecule has 94 valence electrons.